The smallest absolute Gasteiger partial charge is 0.278 e. The number of hydrogen-bond acceptors (Lipinski definition) is 5. The van der Waals surface area contributed by atoms with Gasteiger partial charge in [0.1, 0.15) is 0 Å². The Morgan fingerprint density at radius 1 is 1.44 bits per heavy atom. The summed E-state index contributed by atoms with van der Waals surface area (Å²) in [7, 11) is 0. The zero-order chi connectivity index (χ0) is 12.5. The average Bonchev–Trinajstić information content (AvgIpc) is 3.07. The Labute approximate surface area is 115 Å². The van der Waals surface area contributed by atoms with Gasteiger partial charge in [-0.2, -0.15) is 10.1 Å². The molecular formula is C11H9BrN4OS. The van der Waals surface area contributed by atoms with E-state index in [1.165, 1.54) is 0 Å². The van der Waals surface area contributed by atoms with Crippen LogP contribution < -0.4 is 0 Å². The second kappa shape index (κ2) is 4.66. The van der Waals surface area contributed by atoms with E-state index in [0.29, 0.717) is 17.4 Å². The van der Waals surface area contributed by atoms with Gasteiger partial charge in [0.25, 0.3) is 5.89 Å². The van der Waals surface area contributed by atoms with Crippen LogP contribution in [0, 0.1) is 0 Å². The first-order valence-corrected chi connectivity index (χ1v) is 7.06. The molecule has 0 aliphatic carbocycles. The third kappa shape index (κ3) is 2.11. The lowest BCUT2D eigenvalue weighted by Crippen LogP contribution is -1.78. The fourth-order valence-electron chi connectivity index (χ4n) is 1.51. The Hall–Kier alpha value is -1.47. The summed E-state index contributed by atoms with van der Waals surface area (Å²) in [6, 6.07) is 3.88. The second-order valence-corrected chi connectivity index (χ2v) is 5.51. The van der Waals surface area contributed by atoms with Crippen molar-refractivity contribution in [1.29, 1.82) is 0 Å². The summed E-state index contributed by atoms with van der Waals surface area (Å²) >= 11 is 4.96. The molecule has 1 N–H and O–H groups in total. The van der Waals surface area contributed by atoms with Gasteiger partial charge in [0.2, 0.25) is 5.82 Å². The summed E-state index contributed by atoms with van der Waals surface area (Å²) in [4.78, 5) is 5.30. The maximum absolute atomic E-state index is 5.22. The second-order valence-electron chi connectivity index (χ2n) is 3.68. The topological polar surface area (TPSA) is 67.6 Å². The van der Waals surface area contributed by atoms with Gasteiger partial charge in [0.15, 0.2) is 5.69 Å². The van der Waals surface area contributed by atoms with Gasteiger partial charge in [-0.05, 0) is 34.5 Å². The monoisotopic (exact) mass is 324 g/mol. The number of halogens is 1. The van der Waals surface area contributed by atoms with Gasteiger partial charge in [-0.3, -0.25) is 5.10 Å². The van der Waals surface area contributed by atoms with Gasteiger partial charge >= 0.3 is 0 Å². The van der Waals surface area contributed by atoms with Crippen molar-refractivity contribution in [1.82, 2.24) is 20.3 Å². The van der Waals surface area contributed by atoms with Gasteiger partial charge in [-0.25, -0.2) is 0 Å². The highest BCUT2D eigenvalue weighted by Crippen LogP contribution is 2.29. The molecule has 92 valence electrons. The van der Waals surface area contributed by atoms with Crippen molar-refractivity contribution in [2.75, 3.05) is 0 Å². The summed E-state index contributed by atoms with van der Waals surface area (Å²) < 4.78 is 6.24. The third-order valence-electron chi connectivity index (χ3n) is 2.44. The Morgan fingerprint density at radius 2 is 2.33 bits per heavy atom. The first-order chi connectivity index (χ1) is 8.76. The number of thiophene rings is 1. The number of H-pyrrole nitrogens is 1. The number of aromatic nitrogens is 4. The number of aromatic amines is 1. The highest BCUT2D eigenvalue weighted by atomic mass is 79.9. The molecule has 0 fully saturated rings. The summed E-state index contributed by atoms with van der Waals surface area (Å²) in [5, 5.41) is 13.0. The van der Waals surface area contributed by atoms with Crippen LogP contribution in [0.1, 0.15) is 12.6 Å². The molecule has 0 unspecified atom stereocenters. The number of nitrogens with one attached hydrogen (secondary N) is 1. The summed E-state index contributed by atoms with van der Waals surface area (Å²) in [6.07, 6.45) is 0.895. The lowest BCUT2D eigenvalue weighted by molar-refractivity contribution is 0.431. The molecule has 3 aromatic heterocycles. The van der Waals surface area contributed by atoms with Crippen molar-refractivity contribution < 1.29 is 4.52 Å². The maximum atomic E-state index is 5.22. The van der Waals surface area contributed by atoms with E-state index in [0.717, 1.165) is 21.5 Å². The lowest BCUT2D eigenvalue weighted by atomic mass is 10.3. The normalized spacial score (nSPS) is 11.0. The molecule has 18 heavy (non-hydrogen) atoms. The van der Waals surface area contributed by atoms with E-state index in [2.05, 4.69) is 43.2 Å². The third-order valence-corrected chi connectivity index (χ3v) is 4.13. The Morgan fingerprint density at radius 3 is 3.00 bits per heavy atom. The van der Waals surface area contributed by atoms with Gasteiger partial charge in [-0.15, -0.1) is 11.3 Å². The molecule has 7 heteroatoms. The lowest BCUT2D eigenvalue weighted by Gasteiger charge is -1.83. The molecule has 0 saturated carbocycles. The van der Waals surface area contributed by atoms with Crippen LogP contribution in [-0.4, -0.2) is 20.3 Å². The van der Waals surface area contributed by atoms with E-state index >= 15 is 0 Å². The molecule has 3 heterocycles. The maximum Gasteiger partial charge on any atom is 0.278 e. The molecule has 3 rings (SSSR count). The van der Waals surface area contributed by atoms with Crippen molar-refractivity contribution >= 4 is 27.3 Å². The van der Waals surface area contributed by atoms with E-state index in [1.54, 1.807) is 11.3 Å². The van der Waals surface area contributed by atoms with Crippen LogP contribution in [0.25, 0.3) is 22.3 Å². The molecule has 0 atom stereocenters. The van der Waals surface area contributed by atoms with Crippen molar-refractivity contribution in [3.63, 3.8) is 0 Å². The van der Waals surface area contributed by atoms with Gasteiger partial charge in [0, 0.05) is 15.5 Å². The van der Waals surface area contributed by atoms with Crippen LogP contribution in [0.5, 0.6) is 0 Å². The van der Waals surface area contributed by atoms with Crippen molar-refractivity contribution in [2.45, 2.75) is 13.3 Å². The largest absolute Gasteiger partial charge is 0.332 e. The Balaban J connectivity index is 1.93. The summed E-state index contributed by atoms with van der Waals surface area (Å²) in [5.41, 5.74) is 1.73. The SMILES string of the molecule is CCc1cc(-c2nc(-c3cc(Br)cs3)no2)n[nH]1. The van der Waals surface area contributed by atoms with E-state index in [1.807, 2.05) is 17.5 Å². The number of hydrogen-bond donors (Lipinski definition) is 1. The van der Waals surface area contributed by atoms with E-state index in [4.69, 9.17) is 4.52 Å². The highest BCUT2D eigenvalue weighted by molar-refractivity contribution is 9.10. The van der Waals surface area contributed by atoms with Gasteiger partial charge in [-0.1, -0.05) is 12.1 Å². The molecule has 5 nitrogen and oxygen atoms in total. The Bertz CT molecular complexity index is 672. The number of rotatable bonds is 3. The minimum Gasteiger partial charge on any atom is -0.332 e. The predicted molar refractivity (Wildman–Crippen MR) is 72.3 cm³/mol. The van der Waals surface area contributed by atoms with Crippen LogP contribution in [0.2, 0.25) is 0 Å². The van der Waals surface area contributed by atoms with Crippen molar-refractivity contribution in [3.05, 3.63) is 27.7 Å². The summed E-state index contributed by atoms with van der Waals surface area (Å²) in [5.74, 6) is 1.02. The zero-order valence-corrected chi connectivity index (χ0v) is 11.9. The molecule has 0 bridgehead atoms. The molecule has 0 spiro atoms. The molecule has 0 aliphatic rings. The number of nitrogens with zero attached hydrogens (tertiary/aromatic N) is 3. The molecule has 0 radical (unpaired) electrons. The van der Waals surface area contributed by atoms with Crippen molar-refractivity contribution in [2.24, 2.45) is 0 Å². The van der Waals surface area contributed by atoms with Crippen LogP contribution in [-0.2, 0) is 6.42 Å². The molecule has 0 aromatic carbocycles. The zero-order valence-electron chi connectivity index (χ0n) is 9.48. The fraction of sp³-hybridized carbons (Fsp3) is 0.182. The standard InChI is InChI=1S/C11H9BrN4OS/c1-2-7-4-8(15-14-7)11-13-10(16-17-11)9-3-6(12)5-18-9/h3-5H,2H2,1H3,(H,14,15). The average molecular weight is 325 g/mol. The molecular weight excluding hydrogens is 316 g/mol. The number of aryl methyl sites for hydroxylation is 1. The van der Waals surface area contributed by atoms with Gasteiger partial charge < -0.3 is 4.52 Å². The molecule has 0 amide bonds. The minimum atomic E-state index is 0.436. The fourth-order valence-corrected chi connectivity index (χ4v) is 2.86. The predicted octanol–water partition coefficient (Wildman–Crippen LogP) is 3.51. The molecule has 3 aromatic rings. The minimum absolute atomic E-state index is 0.436. The van der Waals surface area contributed by atoms with Crippen molar-refractivity contribution in [3.8, 4) is 22.3 Å². The summed E-state index contributed by atoms with van der Waals surface area (Å²) in [6.45, 7) is 2.06. The molecule has 0 saturated heterocycles. The van der Waals surface area contributed by atoms with E-state index in [-0.39, 0.29) is 0 Å². The molecule has 0 aliphatic heterocycles. The van der Waals surface area contributed by atoms with E-state index in [9.17, 15) is 0 Å². The first kappa shape index (κ1) is 11.6. The quantitative estimate of drug-likeness (QED) is 0.800. The van der Waals surface area contributed by atoms with Crippen LogP contribution in [0.15, 0.2) is 26.5 Å². The van der Waals surface area contributed by atoms with Crippen LogP contribution >= 0.6 is 27.3 Å². The van der Waals surface area contributed by atoms with Gasteiger partial charge in [0.05, 0.1) is 4.88 Å². The van der Waals surface area contributed by atoms with Crippen LogP contribution in [0.4, 0.5) is 0 Å². The first-order valence-electron chi connectivity index (χ1n) is 5.39. The van der Waals surface area contributed by atoms with E-state index < -0.39 is 0 Å². The highest BCUT2D eigenvalue weighted by Gasteiger charge is 2.14. The van der Waals surface area contributed by atoms with Crippen LogP contribution in [0.3, 0.4) is 0 Å². The Kier molecular flexibility index (Phi) is 3.00.